The van der Waals surface area contributed by atoms with Crippen molar-refractivity contribution in [1.82, 2.24) is 5.43 Å². The SMILES string of the molecule is C/C(=N/NC(=O)CN(c1ccc(Cl)cc1)S(=O)(=O)c1ccc(C)cc1)c1cccc(NC(=O)c2cccc(Cl)c2)c1. The third-order valence-corrected chi connectivity index (χ3v) is 8.26. The predicted molar refractivity (Wildman–Crippen MR) is 163 cm³/mol. The molecule has 11 heteroatoms. The van der Waals surface area contributed by atoms with E-state index in [1.165, 1.54) is 24.3 Å². The van der Waals surface area contributed by atoms with Gasteiger partial charge in [-0.25, -0.2) is 13.8 Å². The number of rotatable bonds is 9. The largest absolute Gasteiger partial charge is 0.322 e. The molecule has 0 saturated carbocycles. The number of halogens is 2. The van der Waals surface area contributed by atoms with E-state index in [2.05, 4.69) is 15.8 Å². The highest BCUT2D eigenvalue weighted by Crippen LogP contribution is 2.25. The summed E-state index contributed by atoms with van der Waals surface area (Å²) >= 11 is 12.0. The highest BCUT2D eigenvalue weighted by Gasteiger charge is 2.27. The number of hydrazone groups is 1. The van der Waals surface area contributed by atoms with Crippen molar-refractivity contribution < 1.29 is 18.0 Å². The molecule has 0 unspecified atom stereocenters. The number of benzene rings is 4. The third kappa shape index (κ3) is 7.73. The molecule has 0 radical (unpaired) electrons. The summed E-state index contributed by atoms with van der Waals surface area (Å²) in [5.74, 6) is -0.981. The summed E-state index contributed by atoms with van der Waals surface area (Å²) in [7, 11) is -4.08. The van der Waals surface area contributed by atoms with E-state index in [-0.39, 0.29) is 16.5 Å². The van der Waals surface area contributed by atoms with Crippen LogP contribution < -0.4 is 15.0 Å². The first-order valence-corrected chi connectivity index (χ1v) is 14.6. The minimum Gasteiger partial charge on any atom is -0.322 e. The van der Waals surface area contributed by atoms with E-state index in [4.69, 9.17) is 23.2 Å². The smallest absolute Gasteiger partial charge is 0.264 e. The van der Waals surface area contributed by atoms with Gasteiger partial charge in [-0.1, -0.05) is 59.1 Å². The Morgan fingerprint density at radius 2 is 1.49 bits per heavy atom. The fourth-order valence-corrected chi connectivity index (χ4v) is 5.53. The van der Waals surface area contributed by atoms with Crippen LogP contribution in [-0.2, 0) is 14.8 Å². The van der Waals surface area contributed by atoms with Gasteiger partial charge in [0.1, 0.15) is 6.54 Å². The lowest BCUT2D eigenvalue weighted by Crippen LogP contribution is -2.39. The molecule has 0 bridgehead atoms. The maximum absolute atomic E-state index is 13.5. The zero-order valence-electron chi connectivity index (χ0n) is 22.1. The molecular formula is C30H26Cl2N4O4S. The van der Waals surface area contributed by atoms with E-state index in [1.54, 1.807) is 79.7 Å². The van der Waals surface area contributed by atoms with Crippen molar-refractivity contribution >= 4 is 62.1 Å². The van der Waals surface area contributed by atoms with Gasteiger partial charge < -0.3 is 5.32 Å². The predicted octanol–water partition coefficient (Wildman–Crippen LogP) is 6.29. The second kappa shape index (κ2) is 13.0. The quantitative estimate of drug-likeness (QED) is 0.172. The molecule has 41 heavy (non-hydrogen) atoms. The fraction of sp³-hybridized carbons (Fsp3) is 0.100. The van der Waals surface area contributed by atoms with Crippen molar-refractivity contribution in [3.63, 3.8) is 0 Å². The molecule has 2 N–H and O–H groups in total. The molecule has 8 nitrogen and oxygen atoms in total. The summed E-state index contributed by atoms with van der Waals surface area (Å²) in [5, 5.41) is 7.84. The highest BCUT2D eigenvalue weighted by atomic mass is 35.5. The maximum Gasteiger partial charge on any atom is 0.264 e. The van der Waals surface area contributed by atoms with Crippen LogP contribution in [0.4, 0.5) is 11.4 Å². The number of aryl methyl sites for hydroxylation is 1. The van der Waals surface area contributed by atoms with Crippen LogP contribution >= 0.6 is 23.2 Å². The molecule has 2 amide bonds. The van der Waals surface area contributed by atoms with Crippen LogP contribution in [0.3, 0.4) is 0 Å². The van der Waals surface area contributed by atoms with Gasteiger partial charge in [-0.15, -0.1) is 0 Å². The van der Waals surface area contributed by atoms with Crippen LogP contribution in [0.1, 0.15) is 28.4 Å². The highest BCUT2D eigenvalue weighted by molar-refractivity contribution is 7.92. The monoisotopic (exact) mass is 608 g/mol. The molecule has 4 aromatic rings. The molecule has 0 atom stereocenters. The molecule has 210 valence electrons. The van der Waals surface area contributed by atoms with Crippen LogP contribution in [0.25, 0.3) is 0 Å². The maximum atomic E-state index is 13.5. The van der Waals surface area contributed by atoms with Gasteiger partial charge in [0, 0.05) is 21.3 Å². The number of hydrogen-bond acceptors (Lipinski definition) is 5. The van der Waals surface area contributed by atoms with E-state index in [1.807, 2.05) is 6.92 Å². The number of anilines is 2. The Balaban J connectivity index is 1.50. The Labute approximate surface area is 248 Å². The molecule has 4 aromatic carbocycles. The Morgan fingerprint density at radius 3 is 2.17 bits per heavy atom. The van der Waals surface area contributed by atoms with Crippen LogP contribution in [-0.4, -0.2) is 32.5 Å². The number of amides is 2. The second-order valence-corrected chi connectivity index (χ2v) is 11.8. The van der Waals surface area contributed by atoms with Crippen molar-refractivity contribution in [2.45, 2.75) is 18.7 Å². The minimum absolute atomic E-state index is 0.0437. The van der Waals surface area contributed by atoms with Crippen molar-refractivity contribution in [1.29, 1.82) is 0 Å². The number of hydrogen-bond donors (Lipinski definition) is 2. The molecule has 0 spiro atoms. The summed E-state index contributed by atoms with van der Waals surface area (Å²) in [4.78, 5) is 25.6. The molecule has 4 rings (SSSR count). The van der Waals surface area contributed by atoms with Crippen LogP contribution in [0.15, 0.2) is 107 Å². The summed E-state index contributed by atoms with van der Waals surface area (Å²) in [5.41, 5.74) is 5.61. The van der Waals surface area contributed by atoms with Gasteiger partial charge in [-0.05, 0) is 86.1 Å². The molecule has 0 aliphatic rings. The molecule has 0 heterocycles. The van der Waals surface area contributed by atoms with Crippen molar-refractivity contribution in [2.75, 3.05) is 16.2 Å². The third-order valence-electron chi connectivity index (χ3n) is 5.98. The molecular weight excluding hydrogens is 583 g/mol. The van der Waals surface area contributed by atoms with E-state index in [0.29, 0.717) is 32.6 Å². The lowest BCUT2D eigenvalue weighted by atomic mass is 10.1. The second-order valence-electron chi connectivity index (χ2n) is 9.08. The fourth-order valence-electron chi connectivity index (χ4n) is 3.79. The number of carbonyl (C=O) groups is 2. The Bertz CT molecular complexity index is 1710. The van der Waals surface area contributed by atoms with Crippen molar-refractivity contribution in [3.8, 4) is 0 Å². The summed E-state index contributed by atoms with van der Waals surface area (Å²) < 4.78 is 28.0. The van der Waals surface area contributed by atoms with E-state index >= 15 is 0 Å². The number of nitrogens with zero attached hydrogens (tertiary/aromatic N) is 2. The van der Waals surface area contributed by atoms with E-state index in [0.717, 1.165) is 9.87 Å². The first-order chi connectivity index (χ1) is 19.5. The summed E-state index contributed by atoms with van der Waals surface area (Å²) in [6, 6.07) is 26.0. The number of carbonyl (C=O) groups excluding carboxylic acids is 2. The normalized spacial score (nSPS) is 11.6. The number of sulfonamides is 1. The van der Waals surface area contributed by atoms with Gasteiger partial charge in [0.25, 0.3) is 21.8 Å². The Morgan fingerprint density at radius 1 is 0.829 bits per heavy atom. The van der Waals surface area contributed by atoms with Gasteiger partial charge in [-0.3, -0.25) is 13.9 Å². The van der Waals surface area contributed by atoms with Crippen LogP contribution in [0, 0.1) is 6.92 Å². The standard InChI is InChI=1S/C30H26Cl2N4O4S/c1-20-9-15-28(16-10-20)41(39,40)36(27-13-11-24(31)12-14-27)19-29(37)35-34-21(2)22-5-4-8-26(18-22)33-30(38)23-6-3-7-25(32)17-23/h3-18H,19H2,1-2H3,(H,33,38)(H,35,37)/b34-21-. The van der Waals surface area contributed by atoms with Gasteiger partial charge >= 0.3 is 0 Å². The molecule has 0 saturated heterocycles. The van der Waals surface area contributed by atoms with Crippen LogP contribution in [0.5, 0.6) is 0 Å². The van der Waals surface area contributed by atoms with Crippen molar-refractivity contribution in [2.24, 2.45) is 5.10 Å². The first-order valence-electron chi connectivity index (χ1n) is 12.4. The average Bonchev–Trinajstić information content (AvgIpc) is 2.95. The van der Waals surface area contributed by atoms with Gasteiger partial charge in [0.15, 0.2) is 0 Å². The lowest BCUT2D eigenvalue weighted by Gasteiger charge is -2.24. The van der Waals surface area contributed by atoms with Gasteiger partial charge in [0.05, 0.1) is 16.3 Å². The van der Waals surface area contributed by atoms with Gasteiger partial charge in [0.2, 0.25) is 0 Å². The summed E-state index contributed by atoms with van der Waals surface area (Å²) in [6.07, 6.45) is 0. The molecule has 0 aliphatic heterocycles. The van der Waals surface area contributed by atoms with Crippen molar-refractivity contribution in [3.05, 3.63) is 124 Å². The van der Waals surface area contributed by atoms with E-state index in [9.17, 15) is 18.0 Å². The molecule has 0 aliphatic carbocycles. The first kappa shape index (κ1) is 29.8. The zero-order valence-corrected chi connectivity index (χ0v) is 24.5. The zero-order chi connectivity index (χ0) is 29.6. The average molecular weight is 610 g/mol. The topological polar surface area (TPSA) is 108 Å². The number of nitrogens with one attached hydrogen (secondary N) is 2. The molecule has 0 aromatic heterocycles. The minimum atomic E-state index is -4.08. The molecule has 0 fully saturated rings. The van der Waals surface area contributed by atoms with E-state index < -0.39 is 22.5 Å². The summed E-state index contributed by atoms with van der Waals surface area (Å²) in [6.45, 7) is 3.01. The Hall–Kier alpha value is -4.18. The lowest BCUT2D eigenvalue weighted by molar-refractivity contribution is -0.119. The van der Waals surface area contributed by atoms with Crippen LogP contribution in [0.2, 0.25) is 10.0 Å². The Kier molecular flexibility index (Phi) is 9.44. The van der Waals surface area contributed by atoms with Gasteiger partial charge in [-0.2, -0.15) is 5.10 Å².